The number of benzene rings is 2. The molecule has 0 amide bonds. The first kappa shape index (κ1) is 12.6. The Hall–Kier alpha value is -1.86. The molecule has 0 heterocycles. The van der Waals surface area contributed by atoms with Crippen molar-refractivity contribution in [3.8, 4) is 0 Å². The first-order valence-electron chi connectivity index (χ1n) is 6.41. The molecule has 0 bridgehead atoms. The molecule has 2 aromatic rings. The molecule has 1 heteroatoms. The Morgan fingerprint density at radius 2 is 1.50 bits per heavy atom. The fourth-order valence-corrected chi connectivity index (χ4v) is 1.80. The van der Waals surface area contributed by atoms with Gasteiger partial charge in [0.25, 0.3) is 0 Å². The summed E-state index contributed by atoms with van der Waals surface area (Å²) in [6, 6.07) is 20.9. The predicted octanol–water partition coefficient (Wildman–Crippen LogP) is 3.88. The van der Waals surface area contributed by atoms with E-state index in [2.05, 4.69) is 66.0 Å². The smallest absolute Gasteiger partial charge is 0.0205 e. The third-order valence-electron chi connectivity index (χ3n) is 2.77. The molecule has 0 aliphatic carbocycles. The molecule has 0 fully saturated rings. The number of nitrogens with one attached hydrogen (secondary N) is 1. The van der Waals surface area contributed by atoms with Crippen LogP contribution in [0.1, 0.15) is 17.5 Å². The van der Waals surface area contributed by atoms with E-state index in [1.807, 2.05) is 12.1 Å². The largest absolute Gasteiger partial charge is 0.312 e. The Bertz CT molecular complexity index is 459. The van der Waals surface area contributed by atoms with Crippen molar-refractivity contribution in [2.45, 2.75) is 13.0 Å². The first-order valence-corrected chi connectivity index (χ1v) is 6.41. The summed E-state index contributed by atoms with van der Waals surface area (Å²) in [5, 5.41) is 3.44. The normalized spacial score (nSPS) is 10.9. The monoisotopic (exact) mass is 237 g/mol. The van der Waals surface area contributed by atoms with Gasteiger partial charge in [-0.15, -0.1) is 0 Å². The summed E-state index contributed by atoms with van der Waals surface area (Å²) in [6.07, 6.45) is 5.44. The highest BCUT2D eigenvalue weighted by Crippen LogP contribution is 2.01. The van der Waals surface area contributed by atoms with Crippen LogP contribution in [0.4, 0.5) is 0 Å². The third-order valence-corrected chi connectivity index (χ3v) is 2.77. The van der Waals surface area contributed by atoms with Crippen molar-refractivity contribution in [1.82, 2.24) is 5.32 Å². The van der Waals surface area contributed by atoms with Gasteiger partial charge >= 0.3 is 0 Å². The van der Waals surface area contributed by atoms with Gasteiger partial charge in [-0.2, -0.15) is 0 Å². The topological polar surface area (TPSA) is 12.0 Å². The Labute approximate surface area is 109 Å². The zero-order valence-corrected chi connectivity index (χ0v) is 10.5. The number of hydrogen-bond donors (Lipinski definition) is 1. The summed E-state index contributed by atoms with van der Waals surface area (Å²) >= 11 is 0. The van der Waals surface area contributed by atoms with E-state index in [4.69, 9.17) is 0 Å². The van der Waals surface area contributed by atoms with Gasteiger partial charge in [0, 0.05) is 6.54 Å². The zero-order valence-electron chi connectivity index (χ0n) is 10.5. The van der Waals surface area contributed by atoms with Gasteiger partial charge in [0.05, 0.1) is 0 Å². The highest BCUT2D eigenvalue weighted by atomic mass is 14.8. The molecule has 0 saturated heterocycles. The number of rotatable bonds is 6. The maximum absolute atomic E-state index is 3.44. The molecule has 1 nitrogen and oxygen atoms in total. The molecule has 18 heavy (non-hydrogen) atoms. The lowest BCUT2D eigenvalue weighted by molar-refractivity contribution is 0.696. The lowest BCUT2D eigenvalue weighted by Crippen LogP contribution is -2.13. The van der Waals surface area contributed by atoms with Crippen LogP contribution in [0.3, 0.4) is 0 Å². The molecular formula is C17H19N. The fraction of sp³-hybridized carbons (Fsp3) is 0.176. The Morgan fingerprint density at radius 3 is 2.22 bits per heavy atom. The Balaban J connectivity index is 1.63. The molecule has 0 unspecified atom stereocenters. The van der Waals surface area contributed by atoms with E-state index < -0.39 is 0 Å². The van der Waals surface area contributed by atoms with Crippen LogP contribution >= 0.6 is 0 Å². The van der Waals surface area contributed by atoms with Crippen molar-refractivity contribution in [2.24, 2.45) is 0 Å². The quantitative estimate of drug-likeness (QED) is 0.752. The van der Waals surface area contributed by atoms with Crippen molar-refractivity contribution >= 4 is 6.08 Å². The second-order valence-corrected chi connectivity index (χ2v) is 4.26. The minimum absolute atomic E-state index is 0.944. The maximum atomic E-state index is 3.44. The van der Waals surface area contributed by atoms with Crippen LogP contribution in [0.5, 0.6) is 0 Å². The van der Waals surface area contributed by atoms with E-state index in [-0.39, 0.29) is 0 Å². The van der Waals surface area contributed by atoms with Crippen molar-refractivity contribution in [3.05, 3.63) is 77.9 Å². The molecule has 0 radical (unpaired) electrons. The SMILES string of the molecule is C(=C\c1ccccc1)/CCNCc1ccccc1. The maximum Gasteiger partial charge on any atom is 0.0205 e. The molecule has 1 N–H and O–H groups in total. The van der Waals surface area contributed by atoms with Crippen molar-refractivity contribution < 1.29 is 0 Å². The average Bonchev–Trinajstić information content (AvgIpc) is 2.45. The van der Waals surface area contributed by atoms with Crippen molar-refractivity contribution in [1.29, 1.82) is 0 Å². The van der Waals surface area contributed by atoms with Gasteiger partial charge in [0.15, 0.2) is 0 Å². The van der Waals surface area contributed by atoms with E-state index in [9.17, 15) is 0 Å². The summed E-state index contributed by atoms with van der Waals surface area (Å²) in [4.78, 5) is 0. The molecular weight excluding hydrogens is 218 g/mol. The van der Waals surface area contributed by atoms with Gasteiger partial charge in [-0.1, -0.05) is 72.8 Å². The third kappa shape index (κ3) is 4.56. The Morgan fingerprint density at radius 1 is 0.833 bits per heavy atom. The van der Waals surface area contributed by atoms with Crippen LogP contribution in [-0.2, 0) is 6.54 Å². The van der Waals surface area contributed by atoms with Gasteiger partial charge in [-0.25, -0.2) is 0 Å². The van der Waals surface area contributed by atoms with Crippen LogP contribution in [0, 0.1) is 0 Å². The molecule has 0 aromatic heterocycles. The van der Waals surface area contributed by atoms with E-state index in [0.29, 0.717) is 0 Å². The molecule has 2 rings (SSSR count). The van der Waals surface area contributed by atoms with E-state index in [0.717, 1.165) is 19.5 Å². The zero-order chi connectivity index (χ0) is 12.5. The van der Waals surface area contributed by atoms with Gasteiger partial charge in [0.2, 0.25) is 0 Å². The molecule has 0 saturated carbocycles. The van der Waals surface area contributed by atoms with Gasteiger partial charge < -0.3 is 5.32 Å². The highest BCUT2D eigenvalue weighted by Gasteiger charge is 1.89. The van der Waals surface area contributed by atoms with Crippen LogP contribution in [0.2, 0.25) is 0 Å². The van der Waals surface area contributed by atoms with Crippen molar-refractivity contribution in [2.75, 3.05) is 6.54 Å². The second kappa shape index (κ2) is 7.46. The summed E-state index contributed by atoms with van der Waals surface area (Å²) in [5.41, 5.74) is 2.60. The van der Waals surface area contributed by atoms with Gasteiger partial charge in [-0.3, -0.25) is 0 Å². The highest BCUT2D eigenvalue weighted by molar-refractivity contribution is 5.48. The fourth-order valence-electron chi connectivity index (χ4n) is 1.80. The minimum atomic E-state index is 0.944. The van der Waals surface area contributed by atoms with Crippen LogP contribution in [0.15, 0.2) is 66.7 Å². The summed E-state index contributed by atoms with van der Waals surface area (Å²) < 4.78 is 0. The minimum Gasteiger partial charge on any atom is -0.312 e. The van der Waals surface area contributed by atoms with Crippen LogP contribution in [0.25, 0.3) is 6.08 Å². The molecule has 0 spiro atoms. The van der Waals surface area contributed by atoms with E-state index in [1.54, 1.807) is 0 Å². The van der Waals surface area contributed by atoms with E-state index in [1.165, 1.54) is 11.1 Å². The molecule has 92 valence electrons. The van der Waals surface area contributed by atoms with Gasteiger partial charge in [0.1, 0.15) is 0 Å². The second-order valence-electron chi connectivity index (χ2n) is 4.26. The van der Waals surface area contributed by atoms with Gasteiger partial charge in [-0.05, 0) is 24.1 Å². The lowest BCUT2D eigenvalue weighted by atomic mass is 10.2. The van der Waals surface area contributed by atoms with E-state index >= 15 is 0 Å². The Kier molecular flexibility index (Phi) is 5.22. The lowest BCUT2D eigenvalue weighted by Gasteiger charge is -2.02. The molecule has 0 aliphatic heterocycles. The number of hydrogen-bond acceptors (Lipinski definition) is 1. The molecule has 2 aromatic carbocycles. The summed E-state index contributed by atoms with van der Waals surface area (Å²) in [6.45, 7) is 1.96. The first-order chi connectivity index (χ1) is 8.95. The average molecular weight is 237 g/mol. The molecule has 0 aliphatic rings. The predicted molar refractivity (Wildman–Crippen MR) is 78.2 cm³/mol. The standard InChI is InChI=1S/C17H19N/c1-3-9-16(10-4-1)11-7-8-14-18-15-17-12-5-2-6-13-17/h1-7,9-13,18H,8,14-15H2/b11-7+. The van der Waals surface area contributed by atoms with Crippen LogP contribution < -0.4 is 5.32 Å². The summed E-state index contributed by atoms with van der Waals surface area (Å²) in [5.74, 6) is 0. The van der Waals surface area contributed by atoms with Crippen LogP contribution in [-0.4, -0.2) is 6.54 Å². The summed E-state index contributed by atoms with van der Waals surface area (Å²) in [7, 11) is 0. The van der Waals surface area contributed by atoms with Crippen molar-refractivity contribution in [3.63, 3.8) is 0 Å². The molecule has 0 atom stereocenters.